The van der Waals surface area contributed by atoms with Gasteiger partial charge in [-0.1, -0.05) is 30.0 Å². The number of thioether (sulfide) groups is 2. The Balaban J connectivity index is 1.70. The Bertz CT molecular complexity index is 612. The molecule has 1 aromatic heterocycles. The van der Waals surface area contributed by atoms with E-state index >= 15 is 0 Å². The average molecular weight is 276 g/mol. The fourth-order valence-corrected chi connectivity index (χ4v) is 4.34. The number of rotatable bonds is 3. The molecule has 2 aromatic rings. The average Bonchev–Trinajstić information content (AvgIpc) is 2.80. The van der Waals surface area contributed by atoms with Crippen LogP contribution in [0.4, 0.5) is 0 Å². The zero-order valence-corrected chi connectivity index (χ0v) is 11.3. The lowest BCUT2D eigenvalue weighted by Gasteiger charge is -2.09. The van der Waals surface area contributed by atoms with Crippen molar-refractivity contribution in [3.63, 3.8) is 0 Å². The number of aromatic amines is 1. The Hall–Kier alpha value is -1.20. The topological polar surface area (TPSA) is 45.8 Å². The molecular weight excluding hydrogens is 264 g/mol. The number of H-pyrrole nitrogens is 1. The van der Waals surface area contributed by atoms with Crippen molar-refractivity contribution in [1.82, 2.24) is 9.97 Å². The van der Waals surface area contributed by atoms with E-state index in [2.05, 4.69) is 34.2 Å². The summed E-state index contributed by atoms with van der Waals surface area (Å²) in [6.45, 7) is 0. The van der Waals surface area contributed by atoms with Crippen LogP contribution in [-0.4, -0.2) is 21.5 Å². The highest BCUT2D eigenvalue weighted by Crippen LogP contribution is 2.41. The second-order valence-corrected chi connectivity index (χ2v) is 6.17. The first-order chi connectivity index (χ1) is 8.83. The third-order valence-electron chi connectivity index (χ3n) is 2.87. The first kappa shape index (κ1) is 11.9. The van der Waals surface area contributed by atoms with E-state index in [4.69, 9.17) is 0 Å². The quantitative estimate of drug-likeness (QED) is 0.691. The molecule has 0 bridgehead atoms. The molecule has 1 atom stereocenters. The minimum Gasteiger partial charge on any atom is -0.301 e. The molecule has 3 nitrogen and oxygen atoms in total. The molecule has 1 aliphatic heterocycles. The van der Waals surface area contributed by atoms with E-state index in [1.165, 1.54) is 16.5 Å². The highest BCUT2D eigenvalue weighted by atomic mass is 32.2. The van der Waals surface area contributed by atoms with Crippen LogP contribution in [0.2, 0.25) is 0 Å². The monoisotopic (exact) mass is 276 g/mol. The van der Waals surface area contributed by atoms with Gasteiger partial charge in [-0.05, 0) is 11.6 Å². The number of fused-ring (bicyclic) bond motifs is 1. The highest BCUT2D eigenvalue weighted by molar-refractivity contribution is 8.00. The fraction of sp³-hybridized carbons (Fsp3) is 0.231. The Kier molecular flexibility index (Phi) is 3.43. The molecule has 0 spiro atoms. The third-order valence-corrected chi connectivity index (χ3v) is 5.17. The molecule has 0 amide bonds. The molecule has 1 unspecified atom stereocenters. The van der Waals surface area contributed by atoms with Crippen molar-refractivity contribution in [2.45, 2.75) is 16.0 Å². The minimum atomic E-state index is -0.0892. The van der Waals surface area contributed by atoms with Gasteiger partial charge in [0.1, 0.15) is 0 Å². The molecule has 0 radical (unpaired) electrons. The predicted octanol–water partition coefficient (Wildman–Crippen LogP) is 2.75. The smallest absolute Gasteiger partial charge is 0.251 e. The molecule has 0 fully saturated rings. The lowest BCUT2D eigenvalue weighted by atomic mass is 10.0. The zero-order valence-electron chi connectivity index (χ0n) is 9.63. The molecule has 1 N–H and O–H groups in total. The molecular formula is C13H12N2OS2. The van der Waals surface area contributed by atoms with Crippen LogP contribution in [-0.2, 0) is 0 Å². The lowest BCUT2D eigenvalue weighted by molar-refractivity contribution is 0.881. The number of hydrogen-bond donors (Lipinski definition) is 1. The van der Waals surface area contributed by atoms with E-state index in [1.54, 1.807) is 18.0 Å². The van der Waals surface area contributed by atoms with Crippen molar-refractivity contribution >= 4 is 23.5 Å². The third kappa shape index (κ3) is 2.47. The van der Waals surface area contributed by atoms with Gasteiger partial charge in [-0.3, -0.25) is 4.79 Å². The summed E-state index contributed by atoms with van der Waals surface area (Å²) in [6.07, 6.45) is 1.55. The minimum absolute atomic E-state index is 0.0892. The van der Waals surface area contributed by atoms with Gasteiger partial charge in [0, 0.05) is 34.6 Å². The van der Waals surface area contributed by atoms with Gasteiger partial charge in [0.2, 0.25) is 0 Å². The normalized spacial score (nSPS) is 17.7. The van der Waals surface area contributed by atoms with Crippen molar-refractivity contribution in [2.75, 3.05) is 11.5 Å². The van der Waals surface area contributed by atoms with Gasteiger partial charge in [0.25, 0.3) is 5.56 Å². The summed E-state index contributed by atoms with van der Waals surface area (Å²) in [4.78, 5) is 19.5. The van der Waals surface area contributed by atoms with Crippen LogP contribution < -0.4 is 5.56 Å². The van der Waals surface area contributed by atoms with Gasteiger partial charge in [0.15, 0.2) is 5.16 Å². The Labute approximate surface area is 113 Å². The second kappa shape index (κ2) is 5.20. The maximum Gasteiger partial charge on any atom is 0.251 e. The Morgan fingerprint density at radius 3 is 3.17 bits per heavy atom. The van der Waals surface area contributed by atoms with Crippen molar-refractivity contribution in [2.24, 2.45) is 0 Å². The van der Waals surface area contributed by atoms with Gasteiger partial charge in [-0.2, -0.15) is 0 Å². The van der Waals surface area contributed by atoms with E-state index < -0.39 is 0 Å². The van der Waals surface area contributed by atoms with Crippen molar-refractivity contribution in [3.8, 4) is 0 Å². The molecule has 92 valence electrons. The first-order valence-electron chi connectivity index (χ1n) is 5.73. The van der Waals surface area contributed by atoms with Crippen LogP contribution in [0.1, 0.15) is 11.5 Å². The summed E-state index contributed by atoms with van der Waals surface area (Å²) in [5.41, 5.74) is 1.34. The summed E-state index contributed by atoms with van der Waals surface area (Å²) >= 11 is 3.52. The van der Waals surface area contributed by atoms with Crippen LogP contribution in [0.15, 0.2) is 51.4 Å². The SMILES string of the molecule is O=c1ccnc(SCC2CSc3ccccc32)[nH]1. The molecule has 18 heavy (non-hydrogen) atoms. The fourth-order valence-electron chi connectivity index (χ4n) is 1.97. The number of nitrogens with zero attached hydrogens (tertiary/aromatic N) is 1. The lowest BCUT2D eigenvalue weighted by Crippen LogP contribution is -2.07. The Morgan fingerprint density at radius 1 is 1.39 bits per heavy atom. The van der Waals surface area contributed by atoms with E-state index in [1.807, 2.05) is 11.8 Å². The van der Waals surface area contributed by atoms with E-state index in [0.29, 0.717) is 11.1 Å². The summed E-state index contributed by atoms with van der Waals surface area (Å²) in [6, 6.07) is 9.97. The second-order valence-electron chi connectivity index (χ2n) is 4.10. The number of aromatic nitrogens is 2. The number of nitrogens with one attached hydrogen (secondary N) is 1. The van der Waals surface area contributed by atoms with Crippen LogP contribution in [0.5, 0.6) is 0 Å². The Morgan fingerprint density at radius 2 is 2.28 bits per heavy atom. The molecule has 0 saturated heterocycles. The summed E-state index contributed by atoms with van der Waals surface area (Å²) in [7, 11) is 0. The molecule has 1 aliphatic rings. The zero-order chi connectivity index (χ0) is 12.4. The van der Waals surface area contributed by atoms with Gasteiger partial charge < -0.3 is 4.98 Å². The molecule has 3 rings (SSSR count). The largest absolute Gasteiger partial charge is 0.301 e. The molecule has 5 heteroatoms. The van der Waals surface area contributed by atoms with Gasteiger partial charge in [-0.15, -0.1) is 11.8 Å². The van der Waals surface area contributed by atoms with Crippen molar-refractivity contribution in [1.29, 1.82) is 0 Å². The van der Waals surface area contributed by atoms with Crippen LogP contribution in [0.25, 0.3) is 0 Å². The summed E-state index contributed by atoms with van der Waals surface area (Å²) < 4.78 is 0. The maximum absolute atomic E-state index is 11.2. The summed E-state index contributed by atoms with van der Waals surface area (Å²) in [5, 5.41) is 0.705. The van der Waals surface area contributed by atoms with Crippen molar-refractivity contribution < 1.29 is 0 Å². The van der Waals surface area contributed by atoms with Crippen LogP contribution >= 0.6 is 23.5 Å². The van der Waals surface area contributed by atoms with Crippen LogP contribution in [0, 0.1) is 0 Å². The molecule has 0 aliphatic carbocycles. The maximum atomic E-state index is 11.2. The van der Waals surface area contributed by atoms with Gasteiger partial charge in [-0.25, -0.2) is 4.98 Å². The van der Waals surface area contributed by atoms with Crippen LogP contribution in [0.3, 0.4) is 0 Å². The first-order valence-corrected chi connectivity index (χ1v) is 7.70. The van der Waals surface area contributed by atoms with Gasteiger partial charge >= 0.3 is 0 Å². The standard InChI is InChI=1S/C13H12N2OS2/c16-12-5-6-14-13(15-12)18-8-9-7-17-11-4-2-1-3-10(9)11/h1-6,9H,7-8H2,(H,14,15,16). The van der Waals surface area contributed by atoms with Gasteiger partial charge in [0.05, 0.1) is 0 Å². The van der Waals surface area contributed by atoms with Crippen molar-refractivity contribution in [3.05, 3.63) is 52.4 Å². The van der Waals surface area contributed by atoms with E-state index in [-0.39, 0.29) is 5.56 Å². The summed E-state index contributed by atoms with van der Waals surface area (Å²) in [5.74, 6) is 2.61. The predicted molar refractivity (Wildman–Crippen MR) is 75.5 cm³/mol. The van der Waals surface area contributed by atoms with E-state index in [0.717, 1.165) is 11.5 Å². The number of benzene rings is 1. The molecule has 2 heterocycles. The number of hydrogen-bond acceptors (Lipinski definition) is 4. The molecule has 1 aromatic carbocycles. The van der Waals surface area contributed by atoms with E-state index in [9.17, 15) is 4.79 Å². The molecule has 0 saturated carbocycles. The highest BCUT2D eigenvalue weighted by Gasteiger charge is 2.22.